The standard InChI is InChI=1S/C21H25NO4/c1-5-16-9-7-8-10-19(16)26-15(4)20(23)22-18-13-17(12-11-14(18)3)21(24)25-6-2/h7-13,15H,5-6H2,1-4H3,(H,22,23)/t15-/m1/s1. The molecule has 0 radical (unpaired) electrons. The number of hydrogen-bond donors (Lipinski definition) is 1. The summed E-state index contributed by atoms with van der Waals surface area (Å²) in [5, 5.41) is 2.83. The summed E-state index contributed by atoms with van der Waals surface area (Å²) in [7, 11) is 0. The first-order valence-electron chi connectivity index (χ1n) is 8.79. The number of benzene rings is 2. The Kier molecular flexibility index (Phi) is 6.78. The summed E-state index contributed by atoms with van der Waals surface area (Å²) in [4.78, 5) is 24.4. The zero-order valence-electron chi connectivity index (χ0n) is 15.7. The maximum atomic E-state index is 12.5. The van der Waals surface area contributed by atoms with Gasteiger partial charge in [0.15, 0.2) is 6.10 Å². The van der Waals surface area contributed by atoms with E-state index in [-0.39, 0.29) is 5.91 Å². The van der Waals surface area contributed by atoms with Crippen LogP contribution in [0.25, 0.3) is 0 Å². The van der Waals surface area contributed by atoms with Crippen LogP contribution in [0.15, 0.2) is 42.5 Å². The van der Waals surface area contributed by atoms with E-state index in [0.29, 0.717) is 23.6 Å². The van der Waals surface area contributed by atoms with Crippen molar-refractivity contribution in [1.82, 2.24) is 0 Å². The van der Waals surface area contributed by atoms with Gasteiger partial charge in [0.05, 0.1) is 12.2 Å². The van der Waals surface area contributed by atoms with E-state index in [9.17, 15) is 9.59 Å². The quantitative estimate of drug-likeness (QED) is 0.758. The fraction of sp³-hybridized carbons (Fsp3) is 0.333. The van der Waals surface area contributed by atoms with Gasteiger partial charge in [-0.1, -0.05) is 31.2 Å². The molecule has 5 nitrogen and oxygen atoms in total. The summed E-state index contributed by atoms with van der Waals surface area (Å²) in [5.41, 5.74) is 2.87. The van der Waals surface area contributed by atoms with Crippen LogP contribution in [0.1, 0.15) is 42.3 Å². The average Bonchev–Trinajstić information content (AvgIpc) is 2.64. The monoisotopic (exact) mass is 355 g/mol. The first-order valence-corrected chi connectivity index (χ1v) is 8.79. The van der Waals surface area contributed by atoms with Crippen LogP contribution in [0.4, 0.5) is 5.69 Å². The van der Waals surface area contributed by atoms with E-state index < -0.39 is 12.1 Å². The topological polar surface area (TPSA) is 64.6 Å². The van der Waals surface area contributed by atoms with Gasteiger partial charge in [-0.05, 0) is 56.5 Å². The van der Waals surface area contributed by atoms with Gasteiger partial charge in [0.25, 0.3) is 5.91 Å². The lowest BCUT2D eigenvalue weighted by Gasteiger charge is -2.18. The summed E-state index contributed by atoms with van der Waals surface area (Å²) in [6, 6.07) is 12.7. The van der Waals surface area contributed by atoms with Crippen LogP contribution < -0.4 is 10.1 Å². The molecule has 1 atom stereocenters. The summed E-state index contributed by atoms with van der Waals surface area (Å²) in [6.07, 6.45) is 0.152. The molecule has 0 aromatic heterocycles. The van der Waals surface area contributed by atoms with Crippen molar-refractivity contribution in [1.29, 1.82) is 0 Å². The molecular formula is C21H25NO4. The summed E-state index contributed by atoms with van der Waals surface area (Å²) < 4.78 is 10.8. The molecule has 1 amide bonds. The highest BCUT2D eigenvalue weighted by molar-refractivity contribution is 5.97. The number of hydrogen-bond acceptors (Lipinski definition) is 4. The van der Waals surface area contributed by atoms with Gasteiger partial charge in [-0.3, -0.25) is 4.79 Å². The van der Waals surface area contributed by atoms with Gasteiger partial charge in [0.2, 0.25) is 0 Å². The van der Waals surface area contributed by atoms with E-state index in [4.69, 9.17) is 9.47 Å². The van der Waals surface area contributed by atoms with Crippen molar-refractivity contribution in [3.05, 3.63) is 59.2 Å². The number of anilines is 1. The number of nitrogens with one attached hydrogen (secondary N) is 1. The van der Waals surface area contributed by atoms with Crippen LogP contribution in [-0.2, 0) is 16.0 Å². The minimum atomic E-state index is -0.673. The van der Waals surface area contributed by atoms with Gasteiger partial charge >= 0.3 is 5.97 Å². The zero-order valence-corrected chi connectivity index (χ0v) is 15.7. The van der Waals surface area contributed by atoms with Crippen molar-refractivity contribution in [3.8, 4) is 5.75 Å². The molecule has 0 bridgehead atoms. The summed E-state index contributed by atoms with van der Waals surface area (Å²) >= 11 is 0. The van der Waals surface area contributed by atoms with Crippen molar-refractivity contribution < 1.29 is 19.1 Å². The number of esters is 1. The Morgan fingerprint density at radius 3 is 2.54 bits per heavy atom. The van der Waals surface area contributed by atoms with Crippen molar-refractivity contribution >= 4 is 17.6 Å². The number of carbonyl (C=O) groups excluding carboxylic acids is 2. The third kappa shape index (κ3) is 4.85. The van der Waals surface area contributed by atoms with Crippen LogP contribution in [0.3, 0.4) is 0 Å². The van der Waals surface area contributed by atoms with Gasteiger partial charge in [0.1, 0.15) is 5.75 Å². The lowest BCUT2D eigenvalue weighted by molar-refractivity contribution is -0.122. The van der Waals surface area contributed by atoms with Crippen LogP contribution in [0, 0.1) is 6.92 Å². The molecule has 2 aromatic rings. The molecule has 5 heteroatoms. The molecule has 0 aliphatic carbocycles. The smallest absolute Gasteiger partial charge is 0.338 e. The van der Waals surface area contributed by atoms with E-state index in [1.807, 2.05) is 38.1 Å². The SMILES string of the molecule is CCOC(=O)c1ccc(C)c(NC(=O)[C@@H](C)Oc2ccccc2CC)c1. The Morgan fingerprint density at radius 2 is 1.85 bits per heavy atom. The Labute approximate surface area is 154 Å². The highest BCUT2D eigenvalue weighted by Gasteiger charge is 2.18. The molecule has 26 heavy (non-hydrogen) atoms. The molecule has 0 saturated heterocycles. The molecule has 138 valence electrons. The fourth-order valence-electron chi connectivity index (χ4n) is 2.49. The Morgan fingerprint density at radius 1 is 1.12 bits per heavy atom. The average molecular weight is 355 g/mol. The zero-order chi connectivity index (χ0) is 19.1. The van der Waals surface area contributed by atoms with Crippen LogP contribution in [0.5, 0.6) is 5.75 Å². The second-order valence-electron chi connectivity index (χ2n) is 5.96. The second kappa shape index (κ2) is 9.04. The molecule has 0 spiro atoms. The molecule has 0 unspecified atom stereocenters. The van der Waals surface area contributed by atoms with Gasteiger partial charge in [-0.2, -0.15) is 0 Å². The number of para-hydroxylation sites is 1. The van der Waals surface area contributed by atoms with Crippen molar-refractivity contribution in [2.24, 2.45) is 0 Å². The summed E-state index contributed by atoms with van der Waals surface area (Å²) in [5.74, 6) is 0.0128. The van der Waals surface area contributed by atoms with E-state index >= 15 is 0 Å². The number of rotatable bonds is 7. The van der Waals surface area contributed by atoms with Gasteiger partial charge in [0, 0.05) is 5.69 Å². The lowest BCUT2D eigenvalue weighted by Crippen LogP contribution is -2.30. The third-order valence-electron chi connectivity index (χ3n) is 4.03. The lowest BCUT2D eigenvalue weighted by atomic mass is 10.1. The van der Waals surface area contributed by atoms with Crippen molar-refractivity contribution in [3.63, 3.8) is 0 Å². The predicted molar refractivity (Wildman–Crippen MR) is 102 cm³/mol. The molecular weight excluding hydrogens is 330 g/mol. The number of aryl methyl sites for hydroxylation is 2. The third-order valence-corrected chi connectivity index (χ3v) is 4.03. The van der Waals surface area contributed by atoms with Gasteiger partial charge in [-0.25, -0.2) is 4.79 Å². The van der Waals surface area contributed by atoms with Crippen LogP contribution >= 0.6 is 0 Å². The molecule has 2 rings (SSSR count). The maximum Gasteiger partial charge on any atom is 0.338 e. The van der Waals surface area contributed by atoms with Gasteiger partial charge < -0.3 is 14.8 Å². The highest BCUT2D eigenvalue weighted by atomic mass is 16.5. The first kappa shape index (κ1) is 19.5. The minimum Gasteiger partial charge on any atom is -0.481 e. The van der Waals surface area contributed by atoms with E-state index in [1.54, 1.807) is 32.0 Å². The number of carbonyl (C=O) groups is 2. The predicted octanol–water partition coefficient (Wildman–Crippen LogP) is 4.14. The van der Waals surface area contributed by atoms with Crippen molar-refractivity contribution in [2.45, 2.75) is 40.2 Å². The summed E-state index contributed by atoms with van der Waals surface area (Å²) in [6.45, 7) is 7.66. The largest absolute Gasteiger partial charge is 0.481 e. The Balaban J connectivity index is 2.11. The molecule has 0 heterocycles. The maximum absolute atomic E-state index is 12.5. The fourth-order valence-corrected chi connectivity index (χ4v) is 2.49. The Hall–Kier alpha value is -2.82. The first-order chi connectivity index (χ1) is 12.5. The van der Waals surface area contributed by atoms with Crippen molar-refractivity contribution in [2.75, 3.05) is 11.9 Å². The molecule has 0 fully saturated rings. The molecule has 0 aliphatic rings. The van der Waals surface area contributed by atoms with Crippen LogP contribution in [0.2, 0.25) is 0 Å². The normalized spacial score (nSPS) is 11.5. The Bertz CT molecular complexity index is 785. The minimum absolute atomic E-state index is 0.278. The van der Waals surface area contributed by atoms with Crippen LogP contribution in [-0.4, -0.2) is 24.6 Å². The number of amides is 1. The van der Waals surface area contributed by atoms with Gasteiger partial charge in [-0.15, -0.1) is 0 Å². The highest BCUT2D eigenvalue weighted by Crippen LogP contribution is 2.21. The molecule has 0 aliphatic heterocycles. The van der Waals surface area contributed by atoms with E-state index in [1.165, 1.54) is 0 Å². The van der Waals surface area contributed by atoms with E-state index in [2.05, 4.69) is 5.32 Å². The van der Waals surface area contributed by atoms with E-state index in [0.717, 1.165) is 17.5 Å². The number of ether oxygens (including phenoxy) is 2. The molecule has 0 saturated carbocycles. The molecule has 1 N–H and O–H groups in total. The molecule has 2 aromatic carbocycles. The second-order valence-corrected chi connectivity index (χ2v) is 5.96.